The summed E-state index contributed by atoms with van der Waals surface area (Å²) in [6.45, 7) is 8.77. The van der Waals surface area contributed by atoms with E-state index in [0.717, 1.165) is 27.9 Å². The zero-order chi connectivity index (χ0) is 20.6. The topological polar surface area (TPSA) is 45.8 Å². The standard InChI is InChI=1S/C25H26N2OS/c1-5-19-21(17-11-13-18(14-12-17)25(2,3)4)22-23(28)26-20(27-24(22)29-19)15-16-9-7-6-8-10-16/h6-14H,5,15H2,1-4H3,(H,26,27,28). The first kappa shape index (κ1) is 19.6. The Morgan fingerprint density at radius 2 is 1.69 bits per heavy atom. The maximum absolute atomic E-state index is 13.1. The molecule has 0 aliphatic heterocycles. The summed E-state index contributed by atoms with van der Waals surface area (Å²) in [4.78, 5) is 22.9. The Labute approximate surface area is 175 Å². The van der Waals surface area contributed by atoms with Crippen LogP contribution in [0.2, 0.25) is 0 Å². The SMILES string of the molecule is CCc1sc2nc(Cc3ccccc3)[nH]c(=O)c2c1-c1ccc(C(C)(C)C)cc1. The zero-order valence-corrected chi connectivity index (χ0v) is 18.2. The average Bonchev–Trinajstić information content (AvgIpc) is 3.07. The lowest BCUT2D eigenvalue weighted by atomic mass is 9.86. The molecular weight excluding hydrogens is 376 g/mol. The lowest BCUT2D eigenvalue weighted by molar-refractivity contribution is 0.590. The van der Waals surface area contributed by atoms with Crippen LogP contribution < -0.4 is 5.56 Å². The summed E-state index contributed by atoms with van der Waals surface area (Å²) in [5.74, 6) is 0.715. The number of benzene rings is 2. The average molecular weight is 403 g/mol. The van der Waals surface area contributed by atoms with Gasteiger partial charge in [0.25, 0.3) is 5.56 Å². The summed E-state index contributed by atoms with van der Waals surface area (Å²) in [5.41, 5.74) is 4.61. The number of aromatic nitrogens is 2. The molecule has 0 saturated heterocycles. The fraction of sp³-hybridized carbons (Fsp3) is 0.280. The number of H-pyrrole nitrogens is 1. The van der Waals surface area contributed by atoms with E-state index in [1.54, 1.807) is 11.3 Å². The fourth-order valence-electron chi connectivity index (χ4n) is 3.66. The second-order valence-electron chi connectivity index (χ2n) is 8.44. The van der Waals surface area contributed by atoms with E-state index in [4.69, 9.17) is 4.98 Å². The molecule has 0 spiro atoms. The number of rotatable bonds is 4. The van der Waals surface area contributed by atoms with Crippen molar-refractivity contribution in [2.75, 3.05) is 0 Å². The quantitative estimate of drug-likeness (QED) is 0.448. The van der Waals surface area contributed by atoms with E-state index in [0.29, 0.717) is 17.6 Å². The maximum atomic E-state index is 13.1. The number of thiophene rings is 1. The van der Waals surface area contributed by atoms with Crippen LogP contribution in [-0.4, -0.2) is 9.97 Å². The molecule has 3 nitrogen and oxygen atoms in total. The summed E-state index contributed by atoms with van der Waals surface area (Å²) in [6, 6.07) is 18.7. The van der Waals surface area contributed by atoms with Gasteiger partial charge in [-0.3, -0.25) is 4.79 Å². The second kappa shape index (κ2) is 7.60. The predicted molar refractivity (Wildman–Crippen MR) is 123 cm³/mol. The highest BCUT2D eigenvalue weighted by molar-refractivity contribution is 7.19. The van der Waals surface area contributed by atoms with Gasteiger partial charge in [0.2, 0.25) is 0 Å². The molecule has 148 valence electrons. The van der Waals surface area contributed by atoms with E-state index in [1.165, 1.54) is 10.4 Å². The largest absolute Gasteiger partial charge is 0.310 e. The molecule has 2 aromatic carbocycles. The van der Waals surface area contributed by atoms with Crippen molar-refractivity contribution in [1.29, 1.82) is 0 Å². The lowest BCUT2D eigenvalue weighted by Gasteiger charge is -2.19. The van der Waals surface area contributed by atoms with E-state index in [2.05, 4.69) is 69.1 Å². The molecule has 0 amide bonds. The Hall–Kier alpha value is -2.72. The van der Waals surface area contributed by atoms with Gasteiger partial charge >= 0.3 is 0 Å². The molecule has 1 N–H and O–H groups in total. The first-order valence-electron chi connectivity index (χ1n) is 10.1. The summed E-state index contributed by atoms with van der Waals surface area (Å²) >= 11 is 1.64. The van der Waals surface area contributed by atoms with Crippen LogP contribution in [0, 0.1) is 0 Å². The third-order valence-corrected chi connectivity index (χ3v) is 6.49. The Balaban J connectivity index is 1.81. The maximum Gasteiger partial charge on any atom is 0.260 e. The van der Waals surface area contributed by atoms with E-state index in [-0.39, 0.29) is 11.0 Å². The number of aromatic amines is 1. The van der Waals surface area contributed by atoms with Crippen LogP contribution in [0.5, 0.6) is 0 Å². The molecule has 4 heteroatoms. The van der Waals surface area contributed by atoms with Crippen molar-refractivity contribution in [3.05, 3.63) is 86.8 Å². The van der Waals surface area contributed by atoms with E-state index >= 15 is 0 Å². The molecule has 4 aromatic rings. The normalized spacial score (nSPS) is 11.9. The van der Waals surface area contributed by atoms with Crippen LogP contribution in [0.4, 0.5) is 0 Å². The van der Waals surface area contributed by atoms with Crippen molar-refractivity contribution in [1.82, 2.24) is 9.97 Å². The van der Waals surface area contributed by atoms with Gasteiger partial charge in [0.1, 0.15) is 10.7 Å². The third-order valence-electron chi connectivity index (χ3n) is 5.26. The summed E-state index contributed by atoms with van der Waals surface area (Å²) < 4.78 is 0. The second-order valence-corrected chi connectivity index (χ2v) is 9.52. The first-order chi connectivity index (χ1) is 13.9. The number of nitrogens with zero attached hydrogens (tertiary/aromatic N) is 1. The smallest absolute Gasteiger partial charge is 0.260 e. The highest BCUT2D eigenvalue weighted by Gasteiger charge is 2.19. The van der Waals surface area contributed by atoms with Gasteiger partial charge in [-0.05, 0) is 28.5 Å². The summed E-state index contributed by atoms with van der Waals surface area (Å²) in [7, 11) is 0. The van der Waals surface area contributed by atoms with Gasteiger partial charge < -0.3 is 4.98 Å². The van der Waals surface area contributed by atoms with Crippen molar-refractivity contribution in [2.45, 2.75) is 46.0 Å². The number of fused-ring (bicyclic) bond motifs is 1. The minimum Gasteiger partial charge on any atom is -0.310 e. The molecule has 0 aliphatic carbocycles. The predicted octanol–water partition coefficient (Wildman–Crippen LogP) is 6.10. The number of aryl methyl sites for hydroxylation is 1. The summed E-state index contributed by atoms with van der Waals surface area (Å²) in [5, 5.41) is 0.715. The van der Waals surface area contributed by atoms with Crippen LogP contribution in [0.1, 0.15) is 49.5 Å². The molecule has 0 fully saturated rings. The van der Waals surface area contributed by atoms with E-state index in [1.807, 2.05) is 18.2 Å². The van der Waals surface area contributed by atoms with Gasteiger partial charge in [0.15, 0.2) is 0 Å². The van der Waals surface area contributed by atoms with Crippen molar-refractivity contribution < 1.29 is 0 Å². The Morgan fingerprint density at radius 1 is 1.00 bits per heavy atom. The van der Waals surface area contributed by atoms with Crippen molar-refractivity contribution in [3.8, 4) is 11.1 Å². The zero-order valence-electron chi connectivity index (χ0n) is 17.4. The minimum absolute atomic E-state index is 0.0493. The molecular formula is C25H26N2OS. The molecule has 2 aromatic heterocycles. The van der Waals surface area contributed by atoms with Crippen molar-refractivity contribution in [2.24, 2.45) is 0 Å². The van der Waals surface area contributed by atoms with Crippen LogP contribution in [0.25, 0.3) is 21.3 Å². The van der Waals surface area contributed by atoms with Crippen LogP contribution in [0.3, 0.4) is 0 Å². The van der Waals surface area contributed by atoms with Crippen LogP contribution in [0.15, 0.2) is 59.4 Å². The van der Waals surface area contributed by atoms with E-state index < -0.39 is 0 Å². The van der Waals surface area contributed by atoms with Gasteiger partial charge in [-0.15, -0.1) is 11.3 Å². The Bertz CT molecular complexity index is 1200. The monoisotopic (exact) mass is 402 g/mol. The highest BCUT2D eigenvalue weighted by Crippen LogP contribution is 2.37. The molecule has 0 radical (unpaired) electrons. The minimum atomic E-state index is -0.0493. The van der Waals surface area contributed by atoms with Crippen LogP contribution >= 0.6 is 11.3 Å². The van der Waals surface area contributed by atoms with Gasteiger partial charge in [-0.1, -0.05) is 82.3 Å². The Kier molecular flexibility index (Phi) is 5.13. The molecule has 0 saturated carbocycles. The van der Waals surface area contributed by atoms with Gasteiger partial charge in [-0.25, -0.2) is 4.98 Å². The number of nitrogens with one attached hydrogen (secondary N) is 1. The lowest BCUT2D eigenvalue weighted by Crippen LogP contribution is -2.12. The molecule has 2 heterocycles. The fourth-order valence-corrected chi connectivity index (χ4v) is 4.82. The van der Waals surface area contributed by atoms with Gasteiger partial charge in [0.05, 0.1) is 5.39 Å². The number of hydrogen-bond donors (Lipinski definition) is 1. The first-order valence-corrected chi connectivity index (χ1v) is 10.9. The molecule has 4 rings (SSSR count). The number of hydrogen-bond acceptors (Lipinski definition) is 3. The summed E-state index contributed by atoms with van der Waals surface area (Å²) in [6.07, 6.45) is 1.51. The molecule has 0 bridgehead atoms. The Morgan fingerprint density at radius 3 is 2.31 bits per heavy atom. The van der Waals surface area contributed by atoms with Gasteiger partial charge in [-0.2, -0.15) is 0 Å². The highest BCUT2D eigenvalue weighted by atomic mass is 32.1. The molecule has 0 aliphatic rings. The van der Waals surface area contributed by atoms with Crippen molar-refractivity contribution in [3.63, 3.8) is 0 Å². The molecule has 0 atom stereocenters. The van der Waals surface area contributed by atoms with Crippen LogP contribution in [-0.2, 0) is 18.3 Å². The third kappa shape index (κ3) is 3.90. The van der Waals surface area contributed by atoms with Crippen molar-refractivity contribution >= 4 is 21.6 Å². The van der Waals surface area contributed by atoms with Gasteiger partial charge in [0, 0.05) is 16.9 Å². The molecule has 29 heavy (non-hydrogen) atoms. The van der Waals surface area contributed by atoms with E-state index in [9.17, 15) is 4.79 Å². The molecule has 0 unspecified atom stereocenters.